The third kappa shape index (κ3) is 3.50. The average Bonchev–Trinajstić information content (AvgIpc) is 2.84. The van der Waals surface area contributed by atoms with Gasteiger partial charge in [0.1, 0.15) is 5.37 Å². The highest BCUT2D eigenvalue weighted by Gasteiger charge is 2.34. The highest BCUT2D eigenvalue weighted by Crippen LogP contribution is 2.41. The van der Waals surface area contributed by atoms with E-state index in [1.807, 2.05) is 36.2 Å². The minimum absolute atomic E-state index is 0.0524. The van der Waals surface area contributed by atoms with Crippen molar-refractivity contribution >= 4 is 35.2 Å². The third-order valence-electron chi connectivity index (χ3n) is 4.65. The van der Waals surface area contributed by atoms with Gasteiger partial charge in [-0.05, 0) is 18.9 Å². The van der Waals surface area contributed by atoms with Gasteiger partial charge < -0.3 is 9.80 Å². The lowest BCUT2D eigenvalue weighted by atomic mass is 9.84. The first-order valence-electron chi connectivity index (χ1n) is 7.98. The molecular formula is C17H21ClN2O2S. The number of carbonyl (C=O) groups is 2. The van der Waals surface area contributed by atoms with Crippen LogP contribution in [0.5, 0.6) is 0 Å². The highest BCUT2D eigenvalue weighted by molar-refractivity contribution is 8.00. The van der Waals surface area contributed by atoms with E-state index in [0.29, 0.717) is 23.9 Å². The van der Waals surface area contributed by atoms with Crippen LogP contribution >= 0.6 is 23.4 Å². The topological polar surface area (TPSA) is 40.6 Å². The van der Waals surface area contributed by atoms with Crippen molar-refractivity contribution in [2.24, 2.45) is 5.92 Å². The summed E-state index contributed by atoms with van der Waals surface area (Å²) in [6, 6.07) is 7.65. The fourth-order valence-electron chi connectivity index (χ4n) is 2.96. The zero-order valence-corrected chi connectivity index (χ0v) is 14.8. The van der Waals surface area contributed by atoms with Crippen LogP contribution in [0.25, 0.3) is 0 Å². The molecule has 1 unspecified atom stereocenters. The lowest BCUT2D eigenvalue weighted by molar-refractivity contribution is -0.138. The second-order valence-corrected chi connectivity index (χ2v) is 7.64. The molecule has 0 aromatic heterocycles. The van der Waals surface area contributed by atoms with E-state index in [9.17, 15) is 9.59 Å². The summed E-state index contributed by atoms with van der Waals surface area (Å²) in [7, 11) is 1.83. The zero-order valence-electron chi connectivity index (χ0n) is 13.2. The Balaban J connectivity index is 1.64. The molecule has 1 saturated heterocycles. The van der Waals surface area contributed by atoms with Crippen LogP contribution < -0.4 is 0 Å². The van der Waals surface area contributed by atoms with Gasteiger partial charge in [-0.1, -0.05) is 36.2 Å². The van der Waals surface area contributed by atoms with E-state index in [2.05, 4.69) is 0 Å². The third-order valence-corrected chi connectivity index (χ3v) is 6.23. The first-order chi connectivity index (χ1) is 11.1. The Labute approximate surface area is 146 Å². The van der Waals surface area contributed by atoms with Crippen molar-refractivity contribution in [3.63, 3.8) is 0 Å². The number of halogens is 1. The zero-order chi connectivity index (χ0) is 16.4. The Hall–Kier alpha value is -1.20. The Kier molecular flexibility index (Phi) is 5.17. The van der Waals surface area contributed by atoms with Gasteiger partial charge in [-0.25, -0.2) is 0 Å². The van der Waals surface area contributed by atoms with Crippen molar-refractivity contribution in [1.82, 2.24) is 9.80 Å². The number of thioether (sulfide) groups is 1. The van der Waals surface area contributed by atoms with Gasteiger partial charge in [0.15, 0.2) is 0 Å². The van der Waals surface area contributed by atoms with Gasteiger partial charge >= 0.3 is 0 Å². The number of hydrogen-bond acceptors (Lipinski definition) is 3. The largest absolute Gasteiger partial charge is 0.344 e. The molecular weight excluding hydrogens is 332 g/mol. The minimum Gasteiger partial charge on any atom is -0.344 e. The van der Waals surface area contributed by atoms with Crippen molar-refractivity contribution in [1.29, 1.82) is 0 Å². The Morgan fingerprint density at radius 1 is 1.39 bits per heavy atom. The van der Waals surface area contributed by atoms with E-state index < -0.39 is 0 Å². The molecule has 1 aliphatic carbocycles. The quantitative estimate of drug-likeness (QED) is 0.817. The lowest BCUT2D eigenvalue weighted by Gasteiger charge is -2.31. The van der Waals surface area contributed by atoms with E-state index in [1.165, 1.54) is 0 Å². The Morgan fingerprint density at radius 3 is 2.78 bits per heavy atom. The van der Waals surface area contributed by atoms with Gasteiger partial charge in [-0.3, -0.25) is 9.59 Å². The van der Waals surface area contributed by atoms with Crippen molar-refractivity contribution < 1.29 is 9.59 Å². The molecule has 6 heteroatoms. The molecule has 2 amide bonds. The number of nitrogens with zero attached hydrogens (tertiary/aromatic N) is 2. The average molecular weight is 353 g/mol. The number of hydrogen-bond donors (Lipinski definition) is 0. The van der Waals surface area contributed by atoms with Crippen LogP contribution in [0.4, 0.5) is 0 Å². The first-order valence-corrected chi connectivity index (χ1v) is 9.41. The van der Waals surface area contributed by atoms with Crippen LogP contribution in [-0.2, 0) is 9.59 Å². The summed E-state index contributed by atoms with van der Waals surface area (Å²) in [4.78, 5) is 28.0. The molecule has 1 aromatic rings. The van der Waals surface area contributed by atoms with Crippen LogP contribution in [0.1, 0.15) is 30.2 Å². The molecule has 23 heavy (non-hydrogen) atoms. The maximum atomic E-state index is 12.2. The smallest absolute Gasteiger partial charge is 0.233 e. The summed E-state index contributed by atoms with van der Waals surface area (Å²) in [5.41, 5.74) is 0.970. The first kappa shape index (κ1) is 16.7. The molecule has 0 bridgehead atoms. The molecule has 1 heterocycles. The van der Waals surface area contributed by atoms with E-state index in [0.717, 1.165) is 24.8 Å². The van der Waals surface area contributed by atoms with E-state index in [-0.39, 0.29) is 23.1 Å². The van der Waals surface area contributed by atoms with Gasteiger partial charge in [0.05, 0.1) is 5.75 Å². The fourth-order valence-corrected chi connectivity index (χ4v) is 4.52. The van der Waals surface area contributed by atoms with Crippen molar-refractivity contribution in [2.75, 3.05) is 25.9 Å². The number of rotatable bonds is 5. The van der Waals surface area contributed by atoms with Crippen LogP contribution in [0.3, 0.4) is 0 Å². The molecule has 0 radical (unpaired) electrons. The SMILES string of the molecule is CN(CCN1C(=O)CSC1c1ccccc1Cl)C(=O)C1CCC1. The number of carbonyl (C=O) groups excluding carboxylic acids is 2. The predicted octanol–water partition coefficient (Wildman–Crippen LogP) is 3.17. The van der Waals surface area contributed by atoms with Gasteiger partial charge in [0.2, 0.25) is 11.8 Å². The molecule has 1 atom stereocenters. The standard InChI is InChI=1S/C17H21ClN2O2S/c1-19(16(22)12-5-4-6-12)9-10-20-15(21)11-23-17(20)13-7-2-3-8-14(13)18/h2-3,7-8,12,17H,4-6,9-11H2,1H3. The predicted molar refractivity (Wildman–Crippen MR) is 93.3 cm³/mol. The van der Waals surface area contributed by atoms with Crippen LogP contribution in [0.15, 0.2) is 24.3 Å². The molecule has 1 aliphatic heterocycles. The van der Waals surface area contributed by atoms with Gasteiger partial charge in [0.25, 0.3) is 0 Å². The molecule has 3 rings (SSSR count). The number of benzene rings is 1. The normalized spacial score (nSPS) is 21.4. The summed E-state index contributed by atoms with van der Waals surface area (Å²) >= 11 is 7.88. The second kappa shape index (κ2) is 7.14. The molecule has 1 aromatic carbocycles. The van der Waals surface area contributed by atoms with Crippen molar-refractivity contribution in [3.05, 3.63) is 34.9 Å². The van der Waals surface area contributed by atoms with Crippen LogP contribution in [0, 0.1) is 5.92 Å². The summed E-state index contributed by atoms with van der Waals surface area (Å²) in [5, 5.41) is 0.631. The van der Waals surface area contributed by atoms with E-state index in [4.69, 9.17) is 11.6 Å². The fraction of sp³-hybridized carbons (Fsp3) is 0.529. The van der Waals surface area contributed by atoms with Gasteiger partial charge in [0, 0.05) is 36.6 Å². The molecule has 2 aliphatic rings. The van der Waals surface area contributed by atoms with Crippen molar-refractivity contribution in [3.8, 4) is 0 Å². The summed E-state index contributed by atoms with van der Waals surface area (Å²) in [5.74, 6) is 0.994. The number of amides is 2. The van der Waals surface area contributed by atoms with Gasteiger partial charge in [-0.2, -0.15) is 0 Å². The highest BCUT2D eigenvalue weighted by atomic mass is 35.5. The molecule has 0 N–H and O–H groups in total. The monoisotopic (exact) mass is 352 g/mol. The van der Waals surface area contributed by atoms with E-state index in [1.54, 1.807) is 16.7 Å². The molecule has 2 fully saturated rings. The maximum absolute atomic E-state index is 12.2. The molecule has 4 nitrogen and oxygen atoms in total. The summed E-state index contributed by atoms with van der Waals surface area (Å²) < 4.78 is 0. The molecule has 1 saturated carbocycles. The maximum Gasteiger partial charge on any atom is 0.233 e. The van der Waals surface area contributed by atoms with Crippen LogP contribution in [0.2, 0.25) is 5.02 Å². The van der Waals surface area contributed by atoms with Crippen LogP contribution in [-0.4, -0.2) is 47.5 Å². The van der Waals surface area contributed by atoms with Gasteiger partial charge in [-0.15, -0.1) is 11.8 Å². The Bertz CT molecular complexity index is 606. The lowest BCUT2D eigenvalue weighted by Crippen LogP contribution is -2.41. The van der Waals surface area contributed by atoms with Crippen molar-refractivity contribution in [2.45, 2.75) is 24.6 Å². The number of likely N-dealkylation sites (N-methyl/N-ethyl adjacent to an activating group) is 1. The second-order valence-electron chi connectivity index (χ2n) is 6.16. The molecule has 0 spiro atoms. The summed E-state index contributed by atoms with van der Waals surface area (Å²) in [6.45, 7) is 1.12. The summed E-state index contributed by atoms with van der Waals surface area (Å²) in [6.07, 6.45) is 3.16. The molecule has 124 valence electrons. The minimum atomic E-state index is -0.0524. The van der Waals surface area contributed by atoms with E-state index >= 15 is 0 Å². The Morgan fingerprint density at radius 2 is 2.13 bits per heavy atom.